The van der Waals surface area contributed by atoms with E-state index in [1.165, 1.54) is 24.2 Å². The maximum atomic E-state index is 13.1. The number of alkyl halides is 3. The summed E-state index contributed by atoms with van der Waals surface area (Å²) in [4.78, 5) is 18.9. The molecule has 2 heterocycles. The van der Waals surface area contributed by atoms with E-state index in [1.54, 1.807) is 0 Å². The number of carbonyl (C=O) groups is 1. The fourth-order valence-corrected chi connectivity index (χ4v) is 2.34. The predicted octanol–water partition coefficient (Wildman–Crippen LogP) is 1.60. The molecule has 0 aliphatic heterocycles. The molecule has 7 nitrogen and oxygen atoms in total. The number of aromatic nitrogens is 4. The van der Waals surface area contributed by atoms with E-state index < -0.39 is 23.2 Å². The predicted molar refractivity (Wildman–Crippen MR) is 71.9 cm³/mol. The van der Waals surface area contributed by atoms with E-state index >= 15 is 0 Å². The Morgan fingerprint density at radius 3 is 2.65 bits per heavy atom. The molecule has 1 aliphatic rings. The standard InChI is InChI=1S/C13H12F3N5O2/c1-23-10(22)12(2-3-12)21-6-7(4-19-21)9-8(13(14,15)16)5-18-11(17)20-9/h4-6H,2-3H2,1H3,(H2,17,18,20). The number of halogens is 3. The summed E-state index contributed by atoms with van der Waals surface area (Å²) in [6, 6.07) is 0. The zero-order valence-electron chi connectivity index (χ0n) is 12.0. The van der Waals surface area contributed by atoms with Gasteiger partial charge in [-0.2, -0.15) is 18.3 Å². The summed E-state index contributed by atoms with van der Waals surface area (Å²) in [6.07, 6.45) is -0.439. The minimum atomic E-state index is -4.63. The number of nitrogens with two attached hydrogens (primary N) is 1. The van der Waals surface area contributed by atoms with E-state index in [4.69, 9.17) is 10.5 Å². The topological polar surface area (TPSA) is 95.9 Å². The fraction of sp³-hybridized carbons (Fsp3) is 0.385. The Kier molecular flexibility index (Phi) is 3.27. The molecule has 2 aromatic heterocycles. The SMILES string of the molecule is COC(=O)C1(n2cc(-c3nc(N)ncc3C(F)(F)F)cn2)CC1. The number of esters is 1. The maximum absolute atomic E-state index is 13.1. The van der Waals surface area contributed by atoms with Crippen LogP contribution in [0.1, 0.15) is 18.4 Å². The van der Waals surface area contributed by atoms with E-state index in [1.807, 2.05) is 0 Å². The molecule has 0 spiro atoms. The van der Waals surface area contributed by atoms with Gasteiger partial charge in [0.1, 0.15) is 5.56 Å². The van der Waals surface area contributed by atoms with Crippen molar-refractivity contribution in [3.63, 3.8) is 0 Å². The quantitative estimate of drug-likeness (QED) is 0.860. The van der Waals surface area contributed by atoms with Gasteiger partial charge in [-0.05, 0) is 12.8 Å². The first kappa shape index (κ1) is 15.3. The first-order valence-electron chi connectivity index (χ1n) is 6.61. The van der Waals surface area contributed by atoms with E-state index in [-0.39, 0.29) is 17.2 Å². The van der Waals surface area contributed by atoms with Gasteiger partial charge < -0.3 is 10.5 Å². The lowest BCUT2D eigenvalue weighted by molar-refractivity contribution is -0.146. The van der Waals surface area contributed by atoms with Crippen molar-refractivity contribution in [2.45, 2.75) is 24.6 Å². The second-order valence-electron chi connectivity index (χ2n) is 5.18. The van der Waals surface area contributed by atoms with Crippen molar-refractivity contribution < 1.29 is 22.7 Å². The van der Waals surface area contributed by atoms with Crippen LogP contribution in [0.15, 0.2) is 18.6 Å². The van der Waals surface area contributed by atoms with Crippen LogP contribution in [0.2, 0.25) is 0 Å². The van der Waals surface area contributed by atoms with Gasteiger partial charge in [0, 0.05) is 18.0 Å². The van der Waals surface area contributed by atoms with Crippen LogP contribution in [0.25, 0.3) is 11.3 Å². The molecule has 0 amide bonds. The molecular weight excluding hydrogens is 315 g/mol. The Morgan fingerprint density at radius 1 is 1.39 bits per heavy atom. The molecule has 0 saturated heterocycles. The normalized spacial score (nSPS) is 16.2. The molecule has 0 bridgehead atoms. The monoisotopic (exact) mass is 327 g/mol. The average molecular weight is 327 g/mol. The van der Waals surface area contributed by atoms with Crippen LogP contribution < -0.4 is 5.73 Å². The minimum Gasteiger partial charge on any atom is -0.467 e. The summed E-state index contributed by atoms with van der Waals surface area (Å²) in [6.45, 7) is 0. The average Bonchev–Trinajstić information content (AvgIpc) is 3.15. The molecule has 0 unspecified atom stereocenters. The third kappa shape index (κ3) is 2.49. The van der Waals surface area contributed by atoms with Crippen LogP contribution in [-0.2, 0) is 21.2 Å². The van der Waals surface area contributed by atoms with Crippen LogP contribution in [0.4, 0.5) is 19.1 Å². The Labute approximate surface area is 128 Å². The first-order valence-corrected chi connectivity index (χ1v) is 6.61. The van der Waals surface area contributed by atoms with Crippen LogP contribution in [0.3, 0.4) is 0 Å². The van der Waals surface area contributed by atoms with Gasteiger partial charge in [0.25, 0.3) is 0 Å². The lowest BCUT2D eigenvalue weighted by Crippen LogP contribution is -2.29. The van der Waals surface area contributed by atoms with Crippen molar-refractivity contribution in [2.75, 3.05) is 12.8 Å². The van der Waals surface area contributed by atoms with Gasteiger partial charge in [0.05, 0.1) is 19.0 Å². The summed E-state index contributed by atoms with van der Waals surface area (Å²) < 4.78 is 45.3. The molecule has 23 heavy (non-hydrogen) atoms. The van der Waals surface area contributed by atoms with Crippen LogP contribution >= 0.6 is 0 Å². The van der Waals surface area contributed by atoms with Crippen molar-refractivity contribution >= 4 is 11.9 Å². The highest BCUT2D eigenvalue weighted by Gasteiger charge is 2.54. The summed E-state index contributed by atoms with van der Waals surface area (Å²) >= 11 is 0. The second kappa shape index (κ2) is 4.93. The zero-order valence-corrected chi connectivity index (χ0v) is 12.0. The molecular formula is C13H12F3N5O2. The molecule has 0 atom stereocenters. The van der Waals surface area contributed by atoms with Gasteiger partial charge in [0.15, 0.2) is 5.54 Å². The molecule has 1 saturated carbocycles. The summed E-state index contributed by atoms with van der Waals surface area (Å²) in [7, 11) is 1.25. The molecule has 1 fully saturated rings. The van der Waals surface area contributed by atoms with Crippen LogP contribution in [0.5, 0.6) is 0 Å². The van der Waals surface area contributed by atoms with E-state index in [9.17, 15) is 18.0 Å². The third-order valence-electron chi connectivity index (χ3n) is 3.70. The molecule has 122 valence electrons. The van der Waals surface area contributed by atoms with E-state index in [0.717, 1.165) is 0 Å². The number of methoxy groups -OCH3 is 1. The second-order valence-corrected chi connectivity index (χ2v) is 5.18. The number of hydrogen-bond acceptors (Lipinski definition) is 6. The third-order valence-corrected chi connectivity index (χ3v) is 3.70. The summed E-state index contributed by atoms with van der Waals surface area (Å²) in [5.74, 6) is -0.764. The van der Waals surface area contributed by atoms with Gasteiger partial charge in [-0.25, -0.2) is 14.8 Å². The van der Waals surface area contributed by atoms with Gasteiger partial charge in [0.2, 0.25) is 5.95 Å². The number of ether oxygens (including phenoxy) is 1. The smallest absolute Gasteiger partial charge is 0.419 e. The molecule has 2 aromatic rings. The van der Waals surface area contributed by atoms with Gasteiger partial charge >= 0.3 is 12.1 Å². The number of carbonyl (C=O) groups excluding carboxylic acids is 1. The lowest BCUT2D eigenvalue weighted by atomic mass is 10.1. The highest BCUT2D eigenvalue weighted by atomic mass is 19.4. The fourth-order valence-electron chi connectivity index (χ4n) is 2.34. The van der Waals surface area contributed by atoms with Crippen LogP contribution in [0, 0.1) is 0 Å². The first-order chi connectivity index (χ1) is 10.8. The molecule has 0 radical (unpaired) electrons. The largest absolute Gasteiger partial charge is 0.467 e. The lowest BCUT2D eigenvalue weighted by Gasteiger charge is -2.13. The van der Waals surface area contributed by atoms with Crippen molar-refractivity contribution in [1.82, 2.24) is 19.7 Å². The molecule has 1 aliphatic carbocycles. The zero-order chi connectivity index (χ0) is 16.8. The Balaban J connectivity index is 2.05. The molecule has 3 rings (SSSR count). The molecule has 2 N–H and O–H groups in total. The Morgan fingerprint density at radius 2 is 2.09 bits per heavy atom. The summed E-state index contributed by atoms with van der Waals surface area (Å²) in [5, 5.41) is 4.00. The van der Waals surface area contributed by atoms with Gasteiger partial charge in [-0.1, -0.05) is 0 Å². The number of nitrogens with zero attached hydrogens (tertiary/aromatic N) is 4. The van der Waals surface area contributed by atoms with Crippen molar-refractivity contribution in [3.05, 3.63) is 24.2 Å². The van der Waals surface area contributed by atoms with Gasteiger partial charge in [-0.15, -0.1) is 0 Å². The maximum Gasteiger partial charge on any atom is 0.419 e. The van der Waals surface area contributed by atoms with Crippen LogP contribution in [-0.4, -0.2) is 32.8 Å². The minimum absolute atomic E-state index is 0.0987. The van der Waals surface area contributed by atoms with Crippen molar-refractivity contribution in [2.24, 2.45) is 0 Å². The molecule has 10 heteroatoms. The van der Waals surface area contributed by atoms with Crippen molar-refractivity contribution in [1.29, 1.82) is 0 Å². The van der Waals surface area contributed by atoms with Gasteiger partial charge in [-0.3, -0.25) is 4.68 Å². The number of nitrogen functional groups attached to an aromatic ring is 1. The number of hydrogen-bond donors (Lipinski definition) is 1. The Hall–Kier alpha value is -2.65. The van der Waals surface area contributed by atoms with Crippen molar-refractivity contribution in [3.8, 4) is 11.3 Å². The number of anilines is 1. The molecule has 0 aromatic carbocycles. The highest BCUT2D eigenvalue weighted by molar-refractivity contribution is 5.82. The summed E-state index contributed by atoms with van der Waals surface area (Å²) in [5.41, 5.74) is 3.15. The van der Waals surface area contributed by atoms with E-state index in [2.05, 4.69) is 15.1 Å². The van der Waals surface area contributed by atoms with E-state index in [0.29, 0.717) is 19.0 Å². The number of rotatable bonds is 3. The highest BCUT2D eigenvalue weighted by Crippen LogP contribution is 2.45. The Bertz CT molecular complexity index is 767.